The highest BCUT2D eigenvalue weighted by atomic mass is 35.5. The Balaban J connectivity index is 1.73. The van der Waals surface area contributed by atoms with Gasteiger partial charge < -0.3 is 9.15 Å². The van der Waals surface area contributed by atoms with E-state index in [0.29, 0.717) is 10.9 Å². The van der Waals surface area contributed by atoms with E-state index in [1.165, 1.54) is 38.4 Å². The molecule has 0 aliphatic heterocycles. The standard InChI is InChI=1S/C22H16ClFN2O6S/c1-12-15(22(28)31-2)10-20(32-12)33(29,30)26-18-8-13(6-7-14(18)11-25-26)9-19(27)21-16(23)4-3-5-17(21)24/h3-8,10-11H,9H2,1-2H3. The molecule has 2 heterocycles. The lowest BCUT2D eigenvalue weighted by Gasteiger charge is -2.07. The number of benzene rings is 2. The van der Waals surface area contributed by atoms with Crippen molar-refractivity contribution in [2.75, 3.05) is 7.11 Å². The molecule has 2 aromatic carbocycles. The SMILES string of the molecule is COC(=O)c1cc(S(=O)(=O)n2ncc3ccc(CC(=O)c4c(F)cccc4Cl)cc32)oc1C. The van der Waals surface area contributed by atoms with Crippen molar-refractivity contribution in [2.24, 2.45) is 0 Å². The maximum absolute atomic E-state index is 14.1. The zero-order valence-electron chi connectivity index (χ0n) is 17.3. The summed E-state index contributed by atoms with van der Waals surface area (Å²) >= 11 is 5.97. The molecule has 0 N–H and O–H groups in total. The van der Waals surface area contributed by atoms with Gasteiger partial charge in [0.1, 0.15) is 17.1 Å². The van der Waals surface area contributed by atoms with E-state index in [2.05, 4.69) is 9.84 Å². The molecule has 33 heavy (non-hydrogen) atoms. The van der Waals surface area contributed by atoms with E-state index in [-0.39, 0.29) is 33.8 Å². The molecule has 0 saturated heterocycles. The minimum atomic E-state index is -4.31. The molecule has 0 atom stereocenters. The van der Waals surface area contributed by atoms with Crippen LogP contribution in [0.3, 0.4) is 0 Å². The van der Waals surface area contributed by atoms with Crippen molar-refractivity contribution < 1.29 is 31.6 Å². The molecule has 11 heteroatoms. The van der Waals surface area contributed by atoms with Gasteiger partial charge >= 0.3 is 16.0 Å². The largest absolute Gasteiger partial charge is 0.465 e. The van der Waals surface area contributed by atoms with E-state index in [0.717, 1.165) is 16.2 Å². The fourth-order valence-electron chi connectivity index (χ4n) is 3.36. The highest BCUT2D eigenvalue weighted by Gasteiger charge is 2.28. The Kier molecular flexibility index (Phi) is 5.81. The normalized spacial score (nSPS) is 11.6. The third kappa shape index (κ3) is 4.03. The number of methoxy groups -OCH3 is 1. The van der Waals surface area contributed by atoms with Crippen LogP contribution in [-0.4, -0.2) is 36.5 Å². The van der Waals surface area contributed by atoms with Crippen LogP contribution in [0.25, 0.3) is 10.9 Å². The molecular weight excluding hydrogens is 475 g/mol. The van der Waals surface area contributed by atoms with Crippen LogP contribution in [0.4, 0.5) is 4.39 Å². The van der Waals surface area contributed by atoms with Crippen molar-refractivity contribution in [1.29, 1.82) is 0 Å². The van der Waals surface area contributed by atoms with E-state index in [4.69, 9.17) is 16.0 Å². The zero-order valence-corrected chi connectivity index (χ0v) is 18.9. The number of ketones is 1. The summed E-state index contributed by atoms with van der Waals surface area (Å²) in [7, 11) is -3.14. The number of carbonyl (C=O) groups excluding carboxylic acids is 2. The molecule has 0 radical (unpaired) electrons. The number of aromatic nitrogens is 2. The predicted molar refractivity (Wildman–Crippen MR) is 117 cm³/mol. The van der Waals surface area contributed by atoms with Crippen LogP contribution >= 0.6 is 11.6 Å². The third-order valence-corrected chi connectivity index (χ3v) is 6.76. The van der Waals surface area contributed by atoms with Gasteiger partial charge in [0.25, 0.3) is 0 Å². The summed E-state index contributed by atoms with van der Waals surface area (Å²) in [6.07, 6.45) is 1.12. The number of halogens is 2. The number of ether oxygens (including phenoxy) is 1. The van der Waals surface area contributed by atoms with E-state index in [1.807, 2.05) is 0 Å². The maximum atomic E-state index is 14.1. The van der Waals surface area contributed by atoms with Gasteiger partial charge in [-0.2, -0.15) is 17.6 Å². The van der Waals surface area contributed by atoms with Crippen molar-refractivity contribution in [3.05, 3.63) is 82.0 Å². The number of nitrogens with zero attached hydrogens (tertiary/aromatic N) is 2. The second kappa shape index (κ2) is 8.45. The monoisotopic (exact) mass is 490 g/mol. The van der Waals surface area contributed by atoms with Crippen LogP contribution in [0.1, 0.15) is 32.0 Å². The lowest BCUT2D eigenvalue weighted by atomic mass is 10.0. The Bertz CT molecular complexity index is 1500. The minimum Gasteiger partial charge on any atom is -0.465 e. The van der Waals surface area contributed by atoms with Crippen molar-refractivity contribution in [3.8, 4) is 0 Å². The fraction of sp³-hybridized carbons (Fsp3) is 0.136. The van der Waals surface area contributed by atoms with Gasteiger partial charge in [0.05, 0.1) is 29.4 Å². The summed E-state index contributed by atoms with van der Waals surface area (Å²) in [5.41, 5.74) is 0.339. The van der Waals surface area contributed by atoms with Crippen LogP contribution in [0.5, 0.6) is 0 Å². The number of furan rings is 1. The van der Waals surface area contributed by atoms with E-state index < -0.39 is 32.7 Å². The molecule has 4 aromatic rings. The first kappa shape index (κ1) is 22.7. The summed E-state index contributed by atoms with van der Waals surface area (Å²) in [5.74, 6) is -1.97. The Morgan fingerprint density at radius 1 is 1.21 bits per heavy atom. The lowest BCUT2D eigenvalue weighted by molar-refractivity contribution is 0.0598. The highest BCUT2D eigenvalue weighted by Crippen LogP contribution is 2.26. The number of rotatable bonds is 6. The number of esters is 1. The van der Waals surface area contributed by atoms with E-state index in [1.54, 1.807) is 12.1 Å². The van der Waals surface area contributed by atoms with E-state index in [9.17, 15) is 22.4 Å². The number of fused-ring (bicyclic) bond motifs is 1. The first-order chi connectivity index (χ1) is 15.6. The Morgan fingerprint density at radius 2 is 1.97 bits per heavy atom. The average molecular weight is 491 g/mol. The topological polar surface area (TPSA) is 108 Å². The Labute approximate surface area is 192 Å². The lowest BCUT2D eigenvalue weighted by Crippen LogP contribution is -2.14. The minimum absolute atomic E-state index is 0.0108. The van der Waals surface area contributed by atoms with Gasteiger partial charge in [0.2, 0.25) is 5.09 Å². The van der Waals surface area contributed by atoms with Crippen molar-refractivity contribution in [3.63, 3.8) is 0 Å². The molecule has 8 nitrogen and oxygen atoms in total. The van der Waals surface area contributed by atoms with Gasteiger partial charge in [-0.3, -0.25) is 4.79 Å². The Morgan fingerprint density at radius 3 is 2.67 bits per heavy atom. The van der Waals surface area contributed by atoms with Gasteiger partial charge in [0.15, 0.2) is 5.78 Å². The molecule has 170 valence electrons. The average Bonchev–Trinajstić information content (AvgIpc) is 3.37. The van der Waals surface area contributed by atoms with Crippen molar-refractivity contribution in [1.82, 2.24) is 9.19 Å². The molecule has 0 aliphatic carbocycles. The maximum Gasteiger partial charge on any atom is 0.341 e. The second-order valence-corrected chi connectivity index (χ2v) is 9.21. The molecule has 0 unspecified atom stereocenters. The van der Waals surface area contributed by atoms with Crippen molar-refractivity contribution in [2.45, 2.75) is 18.4 Å². The summed E-state index contributed by atoms with van der Waals surface area (Å²) in [5, 5.41) is 3.92. The summed E-state index contributed by atoms with van der Waals surface area (Å²) in [6, 6.07) is 9.68. The van der Waals surface area contributed by atoms with Crippen LogP contribution in [-0.2, 0) is 21.2 Å². The molecule has 0 aliphatic rings. The quantitative estimate of drug-likeness (QED) is 0.294. The van der Waals surface area contributed by atoms with Crippen LogP contribution in [0.15, 0.2) is 58.2 Å². The second-order valence-electron chi connectivity index (χ2n) is 7.11. The Hall–Kier alpha value is -3.50. The molecule has 4 rings (SSSR count). The summed E-state index contributed by atoms with van der Waals surface area (Å²) in [6.45, 7) is 1.43. The third-order valence-electron chi connectivity index (χ3n) is 4.99. The molecule has 0 saturated carbocycles. The number of aryl methyl sites for hydroxylation is 1. The summed E-state index contributed by atoms with van der Waals surface area (Å²) < 4.78 is 51.1. The molecule has 0 spiro atoms. The number of carbonyl (C=O) groups is 2. The number of hydrogen-bond donors (Lipinski definition) is 0. The molecule has 2 aromatic heterocycles. The van der Waals surface area contributed by atoms with Crippen molar-refractivity contribution >= 4 is 44.3 Å². The predicted octanol–water partition coefficient (Wildman–Crippen LogP) is 4.18. The highest BCUT2D eigenvalue weighted by molar-refractivity contribution is 7.89. The van der Waals surface area contributed by atoms with Gasteiger partial charge in [0, 0.05) is 17.9 Å². The van der Waals surface area contributed by atoms with Crippen LogP contribution in [0.2, 0.25) is 5.02 Å². The van der Waals surface area contributed by atoms with Gasteiger partial charge in [-0.05, 0) is 30.7 Å². The van der Waals surface area contributed by atoms with E-state index >= 15 is 0 Å². The molecule has 0 bridgehead atoms. The smallest absolute Gasteiger partial charge is 0.341 e. The van der Waals surface area contributed by atoms with Crippen LogP contribution < -0.4 is 0 Å². The van der Waals surface area contributed by atoms with Crippen LogP contribution in [0, 0.1) is 12.7 Å². The van der Waals surface area contributed by atoms with Gasteiger partial charge in [-0.15, -0.1) is 0 Å². The molecule has 0 amide bonds. The van der Waals surface area contributed by atoms with Gasteiger partial charge in [-0.1, -0.05) is 29.8 Å². The fourth-order valence-corrected chi connectivity index (χ4v) is 4.88. The van der Waals surface area contributed by atoms with Gasteiger partial charge in [-0.25, -0.2) is 9.18 Å². The number of Topliss-reactive ketones (excluding diaryl/α,β-unsaturated/α-hetero) is 1. The zero-order chi connectivity index (χ0) is 23.9. The first-order valence-electron chi connectivity index (χ1n) is 9.51. The first-order valence-corrected chi connectivity index (χ1v) is 11.3. The number of hydrogen-bond acceptors (Lipinski definition) is 7. The summed E-state index contributed by atoms with van der Waals surface area (Å²) in [4.78, 5) is 24.5. The molecular formula is C22H16ClFN2O6S. The molecule has 0 fully saturated rings.